The lowest BCUT2D eigenvalue weighted by molar-refractivity contribution is 0.199. The first-order valence-corrected chi connectivity index (χ1v) is 7.17. The third kappa shape index (κ3) is 2.01. The van der Waals surface area contributed by atoms with Gasteiger partial charge in [-0.05, 0) is 38.2 Å². The van der Waals surface area contributed by atoms with E-state index in [9.17, 15) is 5.11 Å². The van der Waals surface area contributed by atoms with Crippen LogP contribution in [0.3, 0.4) is 0 Å². The second-order valence-corrected chi connectivity index (χ2v) is 5.69. The van der Waals surface area contributed by atoms with Crippen molar-refractivity contribution in [2.75, 3.05) is 11.4 Å². The first-order valence-electron chi connectivity index (χ1n) is 7.17. The highest BCUT2D eigenvalue weighted by Crippen LogP contribution is 2.39. The number of hydrogen-bond donors (Lipinski definition) is 1. The van der Waals surface area contributed by atoms with Gasteiger partial charge in [-0.25, -0.2) is 4.98 Å². The molecule has 1 aromatic rings. The van der Waals surface area contributed by atoms with Gasteiger partial charge in [0.15, 0.2) is 0 Å². The zero-order chi connectivity index (χ0) is 12.5. The zero-order valence-corrected chi connectivity index (χ0v) is 11.0. The van der Waals surface area contributed by atoms with Crippen LogP contribution >= 0.6 is 0 Å². The molecule has 1 saturated carbocycles. The summed E-state index contributed by atoms with van der Waals surface area (Å²) in [4.78, 5) is 6.99. The van der Waals surface area contributed by atoms with E-state index in [1.54, 1.807) is 0 Å². The second-order valence-electron chi connectivity index (χ2n) is 5.69. The van der Waals surface area contributed by atoms with Gasteiger partial charge in [-0.15, -0.1) is 0 Å². The molecule has 1 aliphatic heterocycles. The third-order valence-electron chi connectivity index (χ3n) is 4.55. The van der Waals surface area contributed by atoms with E-state index >= 15 is 0 Å². The van der Waals surface area contributed by atoms with Crippen LogP contribution < -0.4 is 4.90 Å². The summed E-state index contributed by atoms with van der Waals surface area (Å²) >= 11 is 0. The van der Waals surface area contributed by atoms with E-state index in [1.165, 1.54) is 32.1 Å². The molecule has 98 valence electrons. The Hall–Kier alpha value is -1.09. The topological polar surface area (TPSA) is 36.4 Å². The van der Waals surface area contributed by atoms with E-state index in [4.69, 9.17) is 0 Å². The van der Waals surface area contributed by atoms with Gasteiger partial charge in [0.2, 0.25) is 0 Å². The maximum absolute atomic E-state index is 9.89. The van der Waals surface area contributed by atoms with Crippen LogP contribution in [0.15, 0.2) is 18.3 Å². The van der Waals surface area contributed by atoms with Crippen molar-refractivity contribution >= 4 is 5.82 Å². The first kappa shape index (κ1) is 12.0. The Kier molecular flexibility index (Phi) is 3.25. The average Bonchev–Trinajstić information content (AvgIpc) is 2.82. The maximum Gasteiger partial charge on any atom is 0.134 e. The Bertz CT molecular complexity index is 419. The summed E-state index contributed by atoms with van der Waals surface area (Å²) in [5, 5.41) is 9.89. The van der Waals surface area contributed by atoms with Gasteiger partial charge in [0.25, 0.3) is 0 Å². The lowest BCUT2D eigenvalue weighted by atomic mass is 9.85. The predicted octanol–water partition coefficient (Wildman–Crippen LogP) is 2.90. The number of hydrogen-bond acceptors (Lipinski definition) is 3. The number of aliphatic hydroxyl groups is 1. The Balaban J connectivity index is 1.90. The molecule has 0 spiro atoms. The summed E-state index contributed by atoms with van der Waals surface area (Å²) in [5.41, 5.74) is 0.976. The fraction of sp³-hybridized carbons (Fsp3) is 0.667. The summed E-state index contributed by atoms with van der Waals surface area (Å²) in [6, 6.07) is 4.58. The molecule has 18 heavy (non-hydrogen) atoms. The monoisotopic (exact) mass is 246 g/mol. The number of aromatic nitrogens is 1. The molecule has 2 fully saturated rings. The van der Waals surface area contributed by atoms with Crippen molar-refractivity contribution in [2.24, 2.45) is 5.92 Å². The highest BCUT2D eigenvalue weighted by molar-refractivity contribution is 5.50. The number of aliphatic hydroxyl groups excluding tert-OH is 1. The summed E-state index contributed by atoms with van der Waals surface area (Å²) in [5.74, 6) is 1.87. The fourth-order valence-electron chi connectivity index (χ4n) is 3.64. The SMILES string of the molecule is C[C@H](O)c1cccnc1N1CCC2CCCCC21. The summed E-state index contributed by atoms with van der Waals surface area (Å²) < 4.78 is 0. The highest BCUT2D eigenvalue weighted by Gasteiger charge is 2.37. The van der Waals surface area contributed by atoms with Gasteiger partial charge in [-0.3, -0.25) is 0 Å². The molecular formula is C15H22N2O. The number of anilines is 1. The molecule has 1 aliphatic carbocycles. The Morgan fingerprint density at radius 1 is 1.33 bits per heavy atom. The number of rotatable bonds is 2. The smallest absolute Gasteiger partial charge is 0.134 e. The molecule has 1 N–H and O–H groups in total. The quantitative estimate of drug-likeness (QED) is 0.871. The van der Waals surface area contributed by atoms with Gasteiger partial charge in [0, 0.05) is 24.3 Å². The Morgan fingerprint density at radius 3 is 3.00 bits per heavy atom. The largest absolute Gasteiger partial charge is 0.389 e. The Morgan fingerprint density at radius 2 is 2.17 bits per heavy atom. The van der Waals surface area contributed by atoms with Gasteiger partial charge in [-0.1, -0.05) is 18.9 Å². The van der Waals surface area contributed by atoms with E-state index in [0.717, 1.165) is 23.8 Å². The van der Waals surface area contributed by atoms with E-state index in [1.807, 2.05) is 25.3 Å². The second kappa shape index (κ2) is 4.88. The van der Waals surface area contributed by atoms with Crippen LogP contribution in [0.25, 0.3) is 0 Å². The van der Waals surface area contributed by atoms with Gasteiger partial charge in [0.05, 0.1) is 6.10 Å². The highest BCUT2D eigenvalue weighted by atomic mass is 16.3. The van der Waals surface area contributed by atoms with Crippen LogP contribution in [0.2, 0.25) is 0 Å². The van der Waals surface area contributed by atoms with Crippen molar-refractivity contribution in [1.29, 1.82) is 0 Å². The molecule has 2 aliphatic rings. The standard InChI is InChI=1S/C15H22N2O/c1-11(18)13-6-4-9-16-15(13)17-10-8-12-5-2-3-7-14(12)17/h4,6,9,11-12,14,18H,2-3,5,7-8,10H2,1H3/t11-,12?,14?/m0/s1. The van der Waals surface area contributed by atoms with Crippen molar-refractivity contribution < 1.29 is 5.11 Å². The number of nitrogens with zero attached hydrogens (tertiary/aromatic N) is 2. The first-order chi connectivity index (χ1) is 8.77. The molecule has 1 saturated heterocycles. The van der Waals surface area contributed by atoms with Crippen LogP contribution in [0, 0.1) is 5.92 Å². The summed E-state index contributed by atoms with van der Waals surface area (Å²) in [6.07, 6.45) is 8.10. The average molecular weight is 246 g/mol. The lowest BCUT2D eigenvalue weighted by Gasteiger charge is -2.33. The maximum atomic E-state index is 9.89. The molecule has 0 aromatic carbocycles. The molecule has 3 heteroatoms. The molecule has 0 radical (unpaired) electrons. The van der Waals surface area contributed by atoms with E-state index < -0.39 is 6.10 Å². The van der Waals surface area contributed by atoms with Crippen LogP contribution in [0.1, 0.15) is 50.7 Å². The van der Waals surface area contributed by atoms with Crippen LogP contribution in [-0.4, -0.2) is 22.7 Å². The minimum absolute atomic E-state index is 0.434. The molecular weight excluding hydrogens is 224 g/mol. The van der Waals surface area contributed by atoms with Crippen molar-refractivity contribution in [3.63, 3.8) is 0 Å². The number of fused-ring (bicyclic) bond motifs is 1. The molecule has 0 bridgehead atoms. The van der Waals surface area contributed by atoms with Crippen molar-refractivity contribution in [3.05, 3.63) is 23.9 Å². The third-order valence-corrected chi connectivity index (χ3v) is 4.55. The number of pyridine rings is 1. The molecule has 2 heterocycles. The lowest BCUT2D eigenvalue weighted by Crippen LogP contribution is -2.36. The van der Waals surface area contributed by atoms with Gasteiger partial charge < -0.3 is 10.0 Å². The van der Waals surface area contributed by atoms with Gasteiger partial charge in [-0.2, -0.15) is 0 Å². The van der Waals surface area contributed by atoms with Gasteiger partial charge in [0.1, 0.15) is 5.82 Å². The minimum Gasteiger partial charge on any atom is -0.389 e. The van der Waals surface area contributed by atoms with E-state index in [0.29, 0.717) is 6.04 Å². The molecule has 3 rings (SSSR count). The molecule has 3 atom stereocenters. The summed E-state index contributed by atoms with van der Waals surface area (Å²) in [7, 11) is 0. The van der Waals surface area contributed by atoms with E-state index in [2.05, 4.69) is 9.88 Å². The molecule has 0 amide bonds. The fourth-order valence-corrected chi connectivity index (χ4v) is 3.64. The molecule has 3 nitrogen and oxygen atoms in total. The van der Waals surface area contributed by atoms with Crippen molar-refractivity contribution in [2.45, 2.75) is 51.2 Å². The summed E-state index contributed by atoms with van der Waals surface area (Å²) in [6.45, 7) is 2.93. The van der Waals surface area contributed by atoms with Crippen molar-refractivity contribution in [3.8, 4) is 0 Å². The van der Waals surface area contributed by atoms with Crippen LogP contribution in [-0.2, 0) is 0 Å². The van der Waals surface area contributed by atoms with E-state index in [-0.39, 0.29) is 0 Å². The normalized spacial score (nSPS) is 29.1. The minimum atomic E-state index is -0.434. The molecule has 2 unspecified atom stereocenters. The molecule has 1 aromatic heterocycles. The Labute approximate surface area is 109 Å². The van der Waals surface area contributed by atoms with Crippen LogP contribution in [0.5, 0.6) is 0 Å². The predicted molar refractivity (Wildman–Crippen MR) is 72.6 cm³/mol. The van der Waals surface area contributed by atoms with Crippen LogP contribution in [0.4, 0.5) is 5.82 Å². The zero-order valence-electron chi connectivity index (χ0n) is 11.0. The van der Waals surface area contributed by atoms with Gasteiger partial charge >= 0.3 is 0 Å². The van der Waals surface area contributed by atoms with Crippen molar-refractivity contribution in [1.82, 2.24) is 4.98 Å².